The third-order valence-corrected chi connectivity index (χ3v) is 3.73. The van der Waals surface area contributed by atoms with E-state index in [-0.39, 0.29) is 6.54 Å². The standard InChI is InChI=1S/C11H15F3N2O2S/c12-11(13,14)6-3-7-19(17,18)16-10-5-2-1-4-9(10)8-15/h1-2,4-5,16H,3,6-8,15H2. The highest BCUT2D eigenvalue weighted by molar-refractivity contribution is 7.92. The van der Waals surface area contributed by atoms with Gasteiger partial charge in [0.1, 0.15) is 0 Å². The van der Waals surface area contributed by atoms with Crippen LogP contribution in [0.25, 0.3) is 0 Å². The Bertz CT molecular complexity index is 515. The fourth-order valence-corrected chi connectivity index (χ4v) is 2.64. The predicted molar refractivity (Wildman–Crippen MR) is 67.0 cm³/mol. The van der Waals surface area contributed by atoms with Gasteiger partial charge in [0.25, 0.3) is 0 Å². The predicted octanol–water partition coefficient (Wildman–Crippen LogP) is 2.23. The number of hydrogen-bond donors (Lipinski definition) is 2. The molecule has 19 heavy (non-hydrogen) atoms. The van der Waals surface area contributed by atoms with Gasteiger partial charge in [-0.2, -0.15) is 13.2 Å². The van der Waals surface area contributed by atoms with Crippen molar-refractivity contribution in [2.24, 2.45) is 5.73 Å². The molecule has 1 rings (SSSR count). The number of nitrogens with two attached hydrogens (primary N) is 1. The number of hydrogen-bond acceptors (Lipinski definition) is 3. The first kappa shape index (κ1) is 15.8. The fourth-order valence-electron chi connectivity index (χ4n) is 1.48. The summed E-state index contributed by atoms with van der Waals surface area (Å²) in [6.07, 6.45) is -5.93. The van der Waals surface area contributed by atoms with Crippen molar-refractivity contribution in [1.29, 1.82) is 0 Å². The topological polar surface area (TPSA) is 72.2 Å². The van der Waals surface area contributed by atoms with E-state index in [4.69, 9.17) is 5.73 Å². The molecule has 0 atom stereocenters. The van der Waals surface area contributed by atoms with Crippen LogP contribution in [-0.2, 0) is 16.6 Å². The first-order chi connectivity index (χ1) is 8.73. The minimum atomic E-state index is -4.34. The normalized spacial score (nSPS) is 12.4. The van der Waals surface area contributed by atoms with Crippen molar-refractivity contribution in [3.05, 3.63) is 29.8 Å². The van der Waals surface area contributed by atoms with Crippen molar-refractivity contribution in [1.82, 2.24) is 0 Å². The molecule has 3 N–H and O–H groups in total. The first-order valence-electron chi connectivity index (χ1n) is 5.59. The third-order valence-electron chi connectivity index (χ3n) is 2.38. The van der Waals surface area contributed by atoms with Crippen LogP contribution in [0.2, 0.25) is 0 Å². The van der Waals surface area contributed by atoms with Crippen LogP contribution in [-0.4, -0.2) is 20.3 Å². The number of rotatable bonds is 6. The smallest absolute Gasteiger partial charge is 0.326 e. The van der Waals surface area contributed by atoms with Crippen molar-refractivity contribution in [3.8, 4) is 0 Å². The number of nitrogens with one attached hydrogen (secondary N) is 1. The van der Waals surface area contributed by atoms with E-state index in [9.17, 15) is 21.6 Å². The number of halogens is 3. The highest BCUT2D eigenvalue weighted by Crippen LogP contribution is 2.22. The van der Waals surface area contributed by atoms with Crippen LogP contribution in [0.1, 0.15) is 18.4 Å². The Kier molecular flexibility index (Phi) is 5.19. The van der Waals surface area contributed by atoms with Gasteiger partial charge < -0.3 is 5.73 Å². The molecular formula is C11H15F3N2O2S. The molecule has 0 aliphatic heterocycles. The van der Waals surface area contributed by atoms with E-state index in [1.54, 1.807) is 18.2 Å². The number of alkyl halides is 3. The summed E-state index contributed by atoms with van der Waals surface area (Å²) in [4.78, 5) is 0. The molecule has 8 heteroatoms. The molecule has 0 heterocycles. The molecule has 0 bridgehead atoms. The molecule has 0 fully saturated rings. The summed E-state index contributed by atoms with van der Waals surface area (Å²) in [6, 6.07) is 6.48. The van der Waals surface area contributed by atoms with E-state index in [1.807, 2.05) is 0 Å². The molecule has 108 valence electrons. The van der Waals surface area contributed by atoms with Crippen LogP contribution in [0.3, 0.4) is 0 Å². The molecule has 0 radical (unpaired) electrons. The lowest BCUT2D eigenvalue weighted by atomic mass is 10.2. The van der Waals surface area contributed by atoms with Crippen molar-refractivity contribution < 1.29 is 21.6 Å². The molecule has 1 aromatic carbocycles. The average Bonchev–Trinajstić information content (AvgIpc) is 2.27. The van der Waals surface area contributed by atoms with Gasteiger partial charge in [0.05, 0.1) is 11.4 Å². The quantitative estimate of drug-likeness (QED) is 0.845. The van der Waals surface area contributed by atoms with Crippen molar-refractivity contribution >= 4 is 15.7 Å². The molecule has 0 aliphatic rings. The lowest BCUT2D eigenvalue weighted by Crippen LogP contribution is -2.20. The largest absolute Gasteiger partial charge is 0.389 e. The van der Waals surface area contributed by atoms with E-state index < -0.39 is 34.8 Å². The van der Waals surface area contributed by atoms with E-state index >= 15 is 0 Å². The van der Waals surface area contributed by atoms with Crippen LogP contribution in [0, 0.1) is 0 Å². The lowest BCUT2D eigenvalue weighted by Gasteiger charge is -2.12. The first-order valence-corrected chi connectivity index (χ1v) is 7.24. The highest BCUT2D eigenvalue weighted by atomic mass is 32.2. The molecule has 0 spiro atoms. The van der Waals surface area contributed by atoms with Gasteiger partial charge in [-0.15, -0.1) is 0 Å². The summed E-state index contributed by atoms with van der Waals surface area (Å²) in [5.74, 6) is -0.578. The van der Waals surface area contributed by atoms with E-state index in [1.165, 1.54) is 6.07 Å². The minimum Gasteiger partial charge on any atom is -0.326 e. The zero-order valence-electron chi connectivity index (χ0n) is 10.1. The SMILES string of the molecule is NCc1ccccc1NS(=O)(=O)CCCC(F)(F)F. The summed E-state index contributed by atoms with van der Waals surface area (Å²) in [5.41, 5.74) is 6.33. The Balaban J connectivity index is 2.64. The monoisotopic (exact) mass is 296 g/mol. The van der Waals surface area contributed by atoms with Crippen molar-refractivity contribution in [2.75, 3.05) is 10.5 Å². The van der Waals surface area contributed by atoms with E-state index in [2.05, 4.69) is 4.72 Å². The molecular weight excluding hydrogens is 281 g/mol. The summed E-state index contributed by atoms with van der Waals surface area (Å²) in [7, 11) is -3.80. The Morgan fingerprint density at radius 3 is 2.42 bits per heavy atom. The molecule has 0 saturated heterocycles. The number of para-hydroxylation sites is 1. The number of sulfonamides is 1. The van der Waals surface area contributed by atoms with Gasteiger partial charge in [0, 0.05) is 13.0 Å². The maximum Gasteiger partial charge on any atom is 0.389 e. The Morgan fingerprint density at radius 1 is 1.21 bits per heavy atom. The van der Waals surface area contributed by atoms with Crippen LogP contribution in [0.5, 0.6) is 0 Å². The van der Waals surface area contributed by atoms with Gasteiger partial charge in [0.2, 0.25) is 10.0 Å². The number of anilines is 1. The zero-order valence-corrected chi connectivity index (χ0v) is 10.9. The summed E-state index contributed by atoms with van der Waals surface area (Å²) in [6.45, 7) is 0.140. The van der Waals surface area contributed by atoms with Crippen LogP contribution in [0.15, 0.2) is 24.3 Å². The minimum absolute atomic E-state index is 0.140. The maximum absolute atomic E-state index is 11.9. The van der Waals surface area contributed by atoms with E-state index in [0.29, 0.717) is 11.3 Å². The Morgan fingerprint density at radius 2 is 1.84 bits per heavy atom. The van der Waals surface area contributed by atoms with Crippen molar-refractivity contribution in [3.63, 3.8) is 0 Å². The summed E-state index contributed by atoms with van der Waals surface area (Å²) < 4.78 is 61.4. The van der Waals surface area contributed by atoms with Gasteiger partial charge >= 0.3 is 6.18 Å². The molecule has 0 unspecified atom stereocenters. The number of benzene rings is 1. The second kappa shape index (κ2) is 6.25. The Hall–Kier alpha value is -1.28. The third kappa shape index (κ3) is 5.93. The molecule has 0 saturated carbocycles. The van der Waals surface area contributed by atoms with Gasteiger partial charge in [0.15, 0.2) is 0 Å². The van der Waals surface area contributed by atoms with Gasteiger partial charge in [-0.25, -0.2) is 8.42 Å². The average molecular weight is 296 g/mol. The fraction of sp³-hybridized carbons (Fsp3) is 0.455. The highest BCUT2D eigenvalue weighted by Gasteiger charge is 2.27. The van der Waals surface area contributed by atoms with Crippen LogP contribution in [0.4, 0.5) is 18.9 Å². The van der Waals surface area contributed by atoms with Crippen LogP contribution >= 0.6 is 0 Å². The molecule has 0 aromatic heterocycles. The van der Waals surface area contributed by atoms with Crippen LogP contribution < -0.4 is 10.5 Å². The molecule has 1 aromatic rings. The van der Waals surface area contributed by atoms with Gasteiger partial charge in [-0.3, -0.25) is 4.72 Å². The zero-order chi connectivity index (χ0) is 14.5. The molecule has 4 nitrogen and oxygen atoms in total. The van der Waals surface area contributed by atoms with Gasteiger partial charge in [-0.05, 0) is 18.1 Å². The molecule has 0 amide bonds. The van der Waals surface area contributed by atoms with Gasteiger partial charge in [-0.1, -0.05) is 18.2 Å². The summed E-state index contributed by atoms with van der Waals surface area (Å²) in [5, 5.41) is 0. The lowest BCUT2D eigenvalue weighted by molar-refractivity contribution is -0.134. The Labute approximate surface area is 109 Å². The maximum atomic E-state index is 11.9. The molecule has 0 aliphatic carbocycles. The van der Waals surface area contributed by atoms with Crippen molar-refractivity contribution in [2.45, 2.75) is 25.6 Å². The second-order valence-electron chi connectivity index (χ2n) is 4.00. The van der Waals surface area contributed by atoms with E-state index in [0.717, 1.165) is 0 Å². The summed E-state index contributed by atoms with van der Waals surface area (Å²) >= 11 is 0. The second-order valence-corrected chi connectivity index (χ2v) is 5.84.